The number of carbonyl (C=O) groups is 2. The van der Waals surface area contributed by atoms with E-state index < -0.39 is 17.3 Å². The van der Waals surface area contributed by atoms with Crippen LogP contribution in [0.25, 0.3) is 11.0 Å². The third-order valence-corrected chi connectivity index (χ3v) is 4.74. The summed E-state index contributed by atoms with van der Waals surface area (Å²) in [5.74, 6) is -0.309. The molecule has 0 saturated carbocycles. The molecule has 3 rings (SSSR count). The molecule has 1 aliphatic rings. The van der Waals surface area contributed by atoms with E-state index in [1.165, 1.54) is 37.9 Å². The van der Waals surface area contributed by atoms with E-state index in [2.05, 4.69) is 4.98 Å². The van der Waals surface area contributed by atoms with Crippen molar-refractivity contribution in [3.05, 3.63) is 38.7 Å². The predicted octanol–water partition coefficient (Wildman–Crippen LogP) is -0.453. The Kier molecular flexibility index (Phi) is 4.98. The molecule has 0 unspecified atom stereocenters. The van der Waals surface area contributed by atoms with Crippen LogP contribution in [0.1, 0.15) is 16.9 Å². The van der Waals surface area contributed by atoms with Gasteiger partial charge in [0, 0.05) is 40.3 Å². The highest BCUT2D eigenvalue weighted by atomic mass is 16.5. The molecule has 0 atom stereocenters. The Morgan fingerprint density at radius 2 is 1.67 bits per heavy atom. The van der Waals surface area contributed by atoms with Gasteiger partial charge in [-0.05, 0) is 18.6 Å². The normalized spacial score (nSPS) is 14.9. The van der Waals surface area contributed by atoms with E-state index in [-0.39, 0.29) is 22.6 Å². The van der Waals surface area contributed by atoms with Crippen molar-refractivity contribution >= 4 is 23.0 Å². The van der Waals surface area contributed by atoms with Gasteiger partial charge in [0.1, 0.15) is 11.3 Å². The summed E-state index contributed by atoms with van der Waals surface area (Å²) >= 11 is 0. The number of pyridine rings is 1. The van der Waals surface area contributed by atoms with E-state index >= 15 is 0 Å². The van der Waals surface area contributed by atoms with Crippen molar-refractivity contribution in [2.24, 2.45) is 14.1 Å². The van der Waals surface area contributed by atoms with Crippen LogP contribution in [0.4, 0.5) is 4.79 Å². The summed E-state index contributed by atoms with van der Waals surface area (Å²) in [6.45, 7) is 1.70. The molecule has 27 heavy (non-hydrogen) atoms. The Morgan fingerprint density at radius 3 is 2.37 bits per heavy atom. The second kappa shape index (κ2) is 7.22. The second-order valence-electron chi connectivity index (χ2n) is 6.38. The average molecular weight is 375 g/mol. The number of aryl methyl sites for hydroxylation is 1. The molecule has 1 fully saturated rings. The maximum absolute atomic E-state index is 12.8. The monoisotopic (exact) mass is 375 g/mol. The molecule has 0 bridgehead atoms. The number of carbonyl (C=O) groups excluding carboxylic acids is 2. The highest BCUT2D eigenvalue weighted by Gasteiger charge is 2.24. The lowest BCUT2D eigenvalue weighted by Crippen LogP contribution is -2.39. The molecule has 0 spiro atoms. The summed E-state index contributed by atoms with van der Waals surface area (Å²) in [6.07, 6.45) is 0.201. The van der Waals surface area contributed by atoms with Crippen molar-refractivity contribution in [2.75, 3.05) is 33.3 Å². The first-order chi connectivity index (χ1) is 12.8. The Bertz CT molecular complexity index is 1020. The van der Waals surface area contributed by atoms with Gasteiger partial charge in [0.05, 0.1) is 12.5 Å². The standard InChI is InChI=1S/C17H21N5O5/c1-19-13-11(14(23)20(2)16(19)25)5-6-12(18-13)15(24)21-7-4-8-22(10-9-21)17(26)27-3/h5-6H,4,7-10H2,1-3H3. The quantitative estimate of drug-likeness (QED) is 0.668. The smallest absolute Gasteiger partial charge is 0.409 e. The molecule has 2 amide bonds. The fraction of sp³-hybridized carbons (Fsp3) is 0.471. The van der Waals surface area contributed by atoms with E-state index in [1.807, 2.05) is 0 Å². The fourth-order valence-corrected chi connectivity index (χ4v) is 3.17. The Morgan fingerprint density at radius 1 is 1.00 bits per heavy atom. The van der Waals surface area contributed by atoms with Gasteiger partial charge in [-0.1, -0.05) is 0 Å². The molecule has 1 saturated heterocycles. The number of hydrogen-bond donors (Lipinski definition) is 0. The van der Waals surface area contributed by atoms with Crippen LogP contribution >= 0.6 is 0 Å². The van der Waals surface area contributed by atoms with Crippen LogP contribution < -0.4 is 11.2 Å². The van der Waals surface area contributed by atoms with Crippen LogP contribution in [-0.2, 0) is 18.8 Å². The van der Waals surface area contributed by atoms with Gasteiger partial charge in [-0.15, -0.1) is 0 Å². The topological polar surface area (TPSA) is 107 Å². The first kappa shape index (κ1) is 18.6. The van der Waals surface area contributed by atoms with Gasteiger partial charge in [-0.3, -0.25) is 18.7 Å². The third kappa shape index (κ3) is 3.29. The number of methoxy groups -OCH3 is 1. The lowest BCUT2D eigenvalue weighted by atomic mass is 10.2. The minimum atomic E-state index is -0.506. The van der Waals surface area contributed by atoms with Crippen molar-refractivity contribution in [2.45, 2.75) is 6.42 Å². The first-order valence-electron chi connectivity index (χ1n) is 8.54. The zero-order valence-electron chi connectivity index (χ0n) is 15.5. The largest absolute Gasteiger partial charge is 0.453 e. The number of rotatable bonds is 1. The minimum Gasteiger partial charge on any atom is -0.453 e. The molecule has 3 heterocycles. The molecule has 10 nitrogen and oxygen atoms in total. The highest BCUT2D eigenvalue weighted by molar-refractivity contribution is 5.94. The van der Waals surface area contributed by atoms with E-state index in [9.17, 15) is 19.2 Å². The number of fused-ring (bicyclic) bond motifs is 1. The van der Waals surface area contributed by atoms with Gasteiger partial charge in [0.2, 0.25) is 0 Å². The zero-order chi connectivity index (χ0) is 19.7. The summed E-state index contributed by atoms with van der Waals surface area (Å²) in [4.78, 5) is 56.3. The molecule has 10 heteroatoms. The SMILES string of the molecule is COC(=O)N1CCCN(C(=O)c2ccc3c(=O)n(C)c(=O)n(C)c3n2)CC1. The lowest BCUT2D eigenvalue weighted by Gasteiger charge is -2.21. The van der Waals surface area contributed by atoms with E-state index in [0.717, 1.165) is 4.57 Å². The van der Waals surface area contributed by atoms with Crippen LogP contribution in [0.5, 0.6) is 0 Å². The molecular formula is C17H21N5O5. The van der Waals surface area contributed by atoms with Crippen LogP contribution in [0.3, 0.4) is 0 Å². The molecule has 2 aromatic rings. The average Bonchev–Trinajstić information content (AvgIpc) is 2.95. The molecular weight excluding hydrogens is 354 g/mol. The van der Waals surface area contributed by atoms with Crippen molar-refractivity contribution < 1.29 is 14.3 Å². The maximum Gasteiger partial charge on any atom is 0.409 e. The molecule has 0 aliphatic carbocycles. The van der Waals surface area contributed by atoms with Gasteiger partial charge in [0.15, 0.2) is 0 Å². The van der Waals surface area contributed by atoms with Gasteiger partial charge in [-0.25, -0.2) is 14.6 Å². The summed E-state index contributed by atoms with van der Waals surface area (Å²) in [5.41, 5.74) is -0.645. The van der Waals surface area contributed by atoms with Gasteiger partial charge < -0.3 is 14.5 Å². The van der Waals surface area contributed by atoms with E-state index in [4.69, 9.17) is 4.74 Å². The maximum atomic E-state index is 12.8. The van der Waals surface area contributed by atoms with Gasteiger partial charge >= 0.3 is 11.8 Å². The van der Waals surface area contributed by atoms with Crippen LogP contribution in [-0.4, -0.2) is 69.2 Å². The highest BCUT2D eigenvalue weighted by Crippen LogP contribution is 2.11. The van der Waals surface area contributed by atoms with Crippen molar-refractivity contribution in [3.8, 4) is 0 Å². The Hall–Kier alpha value is -3.17. The zero-order valence-corrected chi connectivity index (χ0v) is 15.5. The molecule has 0 aromatic carbocycles. The molecule has 2 aromatic heterocycles. The summed E-state index contributed by atoms with van der Waals surface area (Å²) in [7, 11) is 4.22. The number of amides is 2. The van der Waals surface area contributed by atoms with Crippen LogP contribution in [0.2, 0.25) is 0 Å². The van der Waals surface area contributed by atoms with E-state index in [1.54, 1.807) is 9.80 Å². The molecule has 0 N–H and O–H groups in total. The number of aromatic nitrogens is 3. The van der Waals surface area contributed by atoms with Gasteiger partial charge in [0.25, 0.3) is 11.5 Å². The number of nitrogens with zero attached hydrogens (tertiary/aromatic N) is 5. The first-order valence-corrected chi connectivity index (χ1v) is 8.54. The Balaban J connectivity index is 1.91. The molecule has 0 radical (unpaired) electrons. The van der Waals surface area contributed by atoms with Gasteiger partial charge in [-0.2, -0.15) is 0 Å². The van der Waals surface area contributed by atoms with Crippen molar-refractivity contribution in [1.82, 2.24) is 23.9 Å². The van der Waals surface area contributed by atoms with E-state index in [0.29, 0.717) is 32.6 Å². The molecule has 144 valence electrons. The van der Waals surface area contributed by atoms with Crippen molar-refractivity contribution in [1.29, 1.82) is 0 Å². The number of hydrogen-bond acceptors (Lipinski definition) is 6. The number of ether oxygens (including phenoxy) is 1. The fourth-order valence-electron chi connectivity index (χ4n) is 3.17. The van der Waals surface area contributed by atoms with Crippen LogP contribution in [0, 0.1) is 0 Å². The summed E-state index contributed by atoms with van der Waals surface area (Å²) in [5, 5.41) is 0.267. The second-order valence-corrected chi connectivity index (χ2v) is 6.38. The lowest BCUT2D eigenvalue weighted by molar-refractivity contribution is 0.0751. The Labute approximate surface area is 154 Å². The van der Waals surface area contributed by atoms with Crippen LogP contribution in [0.15, 0.2) is 21.7 Å². The minimum absolute atomic E-state index is 0.150. The predicted molar refractivity (Wildman–Crippen MR) is 96.7 cm³/mol. The summed E-state index contributed by atoms with van der Waals surface area (Å²) < 4.78 is 6.97. The third-order valence-electron chi connectivity index (χ3n) is 4.74. The summed E-state index contributed by atoms with van der Waals surface area (Å²) in [6, 6.07) is 3.00. The van der Waals surface area contributed by atoms with Crippen molar-refractivity contribution in [3.63, 3.8) is 0 Å². The molecule has 1 aliphatic heterocycles.